The van der Waals surface area contributed by atoms with Crippen molar-refractivity contribution < 1.29 is 10.0 Å². The maximum atomic E-state index is 12.4. The Morgan fingerprint density at radius 1 is 1.43 bits per heavy atom. The molecule has 1 aliphatic rings. The highest BCUT2D eigenvalue weighted by Gasteiger charge is 2.54. The van der Waals surface area contributed by atoms with Crippen LogP contribution in [0.1, 0.15) is 12.8 Å². The zero-order chi connectivity index (χ0) is 15.0. The number of oxime groups is 1. The third-order valence-corrected chi connectivity index (χ3v) is 4.08. The number of benzene rings is 1. The standard InChI is InChI=1S/C14H13ClN4O2/c15-9-3-4-10(11-8(9)2-1-7-17-11)18-13(20)14(5-6-14)12(16)19-21/h1-4,7,21H,5-6H2,(H2,16,19)(H,18,20). The third kappa shape index (κ3) is 2.17. The monoisotopic (exact) mass is 304 g/mol. The minimum absolute atomic E-state index is 0.0637. The molecule has 0 spiro atoms. The van der Waals surface area contributed by atoms with E-state index in [1.165, 1.54) is 0 Å². The fourth-order valence-electron chi connectivity index (χ4n) is 2.30. The van der Waals surface area contributed by atoms with Gasteiger partial charge in [-0.25, -0.2) is 0 Å². The van der Waals surface area contributed by atoms with Crippen molar-refractivity contribution in [1.29, 1.82) is 0 Å². The number of carbonyl (C=O) groups is 1. The van der Waals surface area contributed by atoms with Gasteiger partial charge in [0.05, 0.1) is 16.2 Å². The Balaban J connectivity index is 1.96. The normalized spacial score (nSPS) is 16.7. The fourth-order valence-corrected chi connectivity index (χ4v) is 2.52. The van der Waals surface area contributed by atoms with Crippen molar-refractivity contribution >= 4 is 39.9 Å². The molecule has 7 heteroatoms. The van der Waals surface area contributed by atoms with E-state index in [1.807, 2.05) is 6.07 Å². The van der Waals surface area contributed by atoms with Gasteiger partial charge in [0, 0.05) is 11.6 Å². The molecule has 0 bridgehead atoms. The highest BCUT2D eigenvalue weighted by Crippen LogP contribution is 2.47. The number of carbonyl (C=O) groups excluding carboxylic acids is 1. The quantitative estimate of drug-likeness (QED) is 0.351. The van der Waals surface area contributed by atoms with Crippen LogP contribution in [0.25, 0.3) is 10.9 Å². The van der Waals surface area contributed by atoms with Crippen LogP contribution in [0.3, 0.4) is 0 Å². The average molecular weight is 305 g/mol. The van der Waals surface area contributed by atoms with Gasteiger partial charge in [0.1, 0.15) is 5.41 Å². The molecule has 3 rings (SSSR count). The second kappa shape index (κ2) is 4.89. The number of fused-ring (bicyclic) bond motifs is 1. The number of hydrogen-bond acceptors (Lipinski definition) is 4. The van der Waals surface area contributed by atoms with E-state index in [0.29, 0.717) is 29.1 Å². The summed E-state index contributed by atoms with van der Waals surface area (Å²) >= 11 is 6.12. The second-order valence-electron chi connectivity index (χ2n) is 5.02. The van der Waals surface area contributed by atoms with Crippen molar-refractivity contribution in [2.75, 3.05) is 5.32 Å². The number of amidine groups is 1. The summed E-state index contributed by atoms with van der Waals surface area (Å²) in [4.78, 5) is 16.6. The predicted octanol–water partition coefficient (Wildman–Crippen LogP) is 2.35. The SMILES string of the molecule is N/C(=N/O)C1(C(=O)Nc2ccc(Cl)c3cccnc23)CC1. The molecule has 2 aromatic rings. The summed E-state index contributed by atoms with van der Waals surface area (Å²) in [5.41, 5.74) is 5.86. The van der Waals surface area contributed by atoms with Gasteiger partial charge < -0.3 is 16.3 Å². The minimum Gasteiger partial charge on any atom is -0.409 e. The molecule has 0 aliphatic heterocycles. The van der Waals surface area contributed by atoms with Crippen LogP contribution in [0.15, 0.2) is 35.6 Å². The van der Waals surface area contributed by atoms with E-state index in [1.54, 1.807) is 24.4 Å². The summed E-state index contributed by atoms with van der Waals surface area (Å²) in [6.07, 6.45) is 2.76. The molecule has 0 saturated heterocycles. The first-order valence-corrected chi connectivity index (χ1v) is 6.79. The number of aromatic nitrogens is 1. The van der Waals surface area contributed by atoms with Crippen molar-refractivity contribution in [3.05, 3.63) is 35.5 Å². The number of nitrogens with zero attached hydrogens (tertiary/aromatic N) is 2. The predicted molar refractivity (Wildman–Crippen MR) is 80.5 cm³/mol. The average Bonchev–Trinajstić information content (AvgIpc) is 3.31. The maximum absolute atomic E-state index is 12.4. The van der Waals surface area contributed by atoms with Gasteiger partial charge in [-0.2, -0.15) is 0 Å². The van der Waals surface area contributed by atoms with Crippen LogP contribution >= 0.6 is 11.6 Å². The highest BCUT2D eigenvalue weighted by atomic mass is 35.5. The second-order valence-corrected chi connectivity index (χ2v) is 5.42. The van der Waals surface area contributed by atoms with Crippen LogP contribution in [-0.4, -0.2) is 21.9 Å². The number of rotatable bonds is 3. The lowest BCUT2D eigenvalue weighted by molar-refractivity contribution is -0.119. The van der Waals surface area contributed by atoms with Crippen molar-refractivity contribution in [1.82, 2.24) is 4.98 Å². The summed E-state index contributed by atoms with van der Waals surface area (Å²) < 4.78 is 0. The zero-order valence-electron chi connectivity index (χ0n) is 11.0. The Hall–Kier alpha value is -2.34. The van der Waals surface area contributed by atoms with Crippen LogP contribution in [0, 0.1) is 5.41 Å². The fraction of sp³-hybridized carbons (Fsp3) is 0.214. The van der Waals surface area contributed by atoms with Crippen LogP contribution in [0.4, 0.5) is 5.69 Å². The summed E-state index contributed by atoms with van der Waals surface area (Å²) in [6, 6.07) is 7.00. The summed E-state index contributed by atoms with van der Waals surface area (Å²) in [5, 5.41) is 15.9. The van der Waals surface area contributed by atoms with Crippen molar-refractivity contribution in [2.45, 2.75) is 12.8 Å². The van der Waals surface area contributed by atoms with Gasteiger partial charge >= 0.3 is 0 Å². The van der Waals surface area contributed by atoms with E-state index in [2.05, 4.69) is 15.5 Å². The van der Waals surface area contributed by atoms with E-state index in [0.717, 1.165) is 5.39 Å². The van der Waals surface area contributed by atoms with Crippen LogP contribution in [-0.2, 0) is 4.79 Å². The molecule has 21 heavy (non-hydrogen) atoms. The number of nitrogens with two attached hydrogens (primary N) is 1. The number of halogens is 1. The molecule has 0 unspecified atom stereocenters. The molecule has 1 aromatic heterocycles. The lowest BCUT2D eigenvalue weighted by Gasteiger charge is -2.15. The number of amides is 1. The van der Waals surface area contributed by atoms with Gasteiger partial charge in [-0.15, -0.1) is 0 Å². The number of nitrogens with one attached hydrogen (secondary N) is 1. The largest absolute Gasteiger partial charge is 0.409 e. The minimum atomic E-state index is -0.907. The molecule has 4 N–H and O–H groups in total. The maximum Gasteiger partial charge on any atom is 0.238 e. The van der Waals surface area contributed by atoms with Crippen LogP contribution in [0.2, 0.25) is 5.02 Å². The van der Waals surface area contributed by atoms with Crippen LogP contribution < -0.4 is 11.1 Å². The molecule has 1 aliphatic carbocycles. The number of anilines is 1. The smallest absolute Gasteiger partial charge is 0.238 e. The molecular weight excluding hydrogens is 292 g/mol. The summed E-state index contributed by atoms with van der Waals surface area (Å²) in [5.74, 6) is -0.363. The molecular formula is C14H13ClN4O2. The first-order chi connectivity index (χ1) is 10.1. The molecule has 1 amide bonds. The van der Waals surface area contributed by atoms with Gasteiger partial charge in [0.2, 0.25) is 5.91 Å². The van der Waals surface area contributed by atoms with Gasteiger partial charge in [0.25, 0.3) is 0 Å². The lowest BCUT2D eigenvalue weighted by atomic mass is 10.0. The zero-order valence-corrected chi connectivity index (χ0v) is 11.8. The molecule has 108 valence electrons. The van der Waals surface area contributed by atoms with Gasteiger partial charge in [-0.1, -0.05) is 16.8 Å². The third-order valence-electron chi connectivity index (χ3n) is 3.75. The lowest BCUT2D eigenvalue weighted by Crippen LogP contribution is -2.36. The molecule has 1 aromatic carbocycles. The Morgan fingerprint density at radius 3 is 2.86 bits per heavy atom. The van der Waals surface area contributed by atoms with Crippen molar-refractivity contribution in [3.8, 4) is 0 Å². The van der Waals surface area contributed by atoms with E-state index >= 15 is 0 Å². The van der Waals surface area contributed by atoms with Crippen LogP contribution in [0.5, 0.6) is 0 Å². The summed E-state index contributed by atoms with van der Waals surface area (Å²) in [6.45, 7) is 0. The molecule has 1 heterocycles. The van der Waals surface area contributed by atoms with Gasteiger partial charge in [0.15, 0.2) is 5.84 Å². The molecule has 0 radical (unpaired) electrons. The van der Waals surface area contributed by atoms with E-state index in [9.17, 15) is 4.79 Å². The number of hydrogen-bond donors (Lipinski definition) is 3. The summed E-state index contributed by atoms with van der Waals surface area (Å²) in [7, 11) is 0. The number of pyridine rings is 1. The molecule has 6 nitrogen and oxygen atoms in total. The molecule has 1 saturated carbocycles. The first-order valence-electron chi connectivity index (χ1n) is 6.41. The van der Waals surface area contributed by atoms with Gasteiger partial charge in [-0.3, -0.25) is 9.78 Å². The molecule has 0 atom stereocenters. The Labute approximate surface area is 125 Å². The van der Waals surface area contributed by atoms with Gasteiger partial charge in [-0.05, 0) is 37.1 Å². The molecule has 1 fully saturated rings. The topological polar surface area (TPSA) is 101 Å². The highest BCUT2D eigenvalue weighted by molar-refractivity contribution is 6.36. The Bertz CT molecular complexity index is 756. The Morgan fingerprint density at radius 2 is 2.19 bits per heavy atom. The van der Waals surface area contributed by atoms with Crippen molar-refractivity contribution in [2.24, 2.45) is 16.3 Å². The Kier molecular flexibility index (Phi) is 3.17. The van der Waals surface area contributed by atoms with E-state index in [-0.39, 0.29) is 11.7 Å². The van der Waals surface area contributed by atoms with E-state index in [4.69, 9.17) is 22.5 Å². The first kappa shape index (κ1) is 13.6. The van der Waals surface area contributed by atoms with E-state index < -0.39 is 5.41 Å². The van der Waals surface area contributed by atoms with Crippen molar-refractivity contribution in [3.63, 3.8) is 0 Å².